The second-order valence-corrected chi connectivity index (χ2v) is 16.0. The van der Waals surface area contributed by atoms with E-state index < -0.39 is 18.2 Å². The highest BCUT2D eigenvalue weighted by molar-refractivity contribution is 5.76. The first-order chi connectivity index (χ1) is 27.0. The molecule has 0 saturated carbocycles. The largest absolute Gasteiger partial charge is 0.394 e. The molecule has 3 unspecified atom stereocenters. The lowest BCUT2D eigenvalue weighted by Gasteiger charge is -2.20. The van der Waals surface area contributed by atoms with Crippen LogP contribution in [-0.4, -0.2) is 46.1 Å². The number of hydrogen-bond donors (Lipinski definition) is 4. The number of aliphatic hydroxyl groups is 3. The highest BCUT2D eigenvalue weighted by Crippen LogP contribution is 2.15. The Morgan fingerprint density at radius 1 is 0.473 bits per heavy atom. The summed E-state index contributed by atoms with van der Waals surface area (Å²) in [5, 5.41) is 33.2. The third-order valence-electron chi connectivity index (χ3n) is 10.5. The Morgan fingerprint density at radius 3 is 1.31 bits per heavy atom. The molecule has 0 aromatic heterocycles. The van der Waals surface area contributed by atoms with Crippen LogP contribution in [0.3, 0.4) is 0 Å². The summed E-state index contributed by atoms with van der Waals surface area (Å²) in [5.41, 5.74) is 0. The molecular weight excluding hydrogens is 679 g/mol. The molecule has 0 saturated heterocycles. The van der Waals surface area contributed by atoms with Gasteiger partial charge in [0.05, 0.1) is 31.3 Å². The molecule has 0 heterocycles. The first-order valence-corrected chi connectivity index (χ1v) is 23.6. The van der Waals surface area contributed by atoms with Gasteiger partial charge in [-0.05, 0) is 77.0 Å². The van der Waals surface area contributed by atoms with E-state index >= 15 is 0 Å². The topological polar surface area (TPSA) is 89.8 Å². The lowest BCUT2D eigenvalue weighted by molar-refractivity contribution is -0.124. The first-order valence-electron chi connectivity index (χ1n) is 23.6. The molecule has 0 spiro atoms. The number of aliphatic hydroxyl groups excluding tert-OH is 3. The van der Waals surface area contributed by atoms with Gasteiger partial charge in [0, 0.05) is 0 Å². The molecule has 320 valence electrons. The number of unbranched alkanes of at least 4 members (excludes halogenated alkanes) is 25. The Morgan fingerprint density at radius 2 is 0.836 bits per heavy atom. The van der Waals surface area contributed by atoms with Gasteiger partial charge in [0.15, 0.2) is 0 Å². The fourth-order valence-corrected chi connectivity index (χ4v) is 6.87. The summed E-state index contributed by atoms with van der Waals surface area (Å²) < 4.78 is 0. The molecule has 0 aromatic carbocycles. The quantitative estimate of drug-likeness (QED) is 0.0368. The van der Waals surface area contributed by atoms with Crippen LogP contribution in [0.25, 0.3) is 0 Å². The summed E-state index contributed by atoms with van der Waals surface area (Å²) in [6.07, 6.45) is 59.5. The Labute approximate surface area is 341 Å². The van der Waals surface area contributed by atoms with Gasteiger partial charge in [-0.2, -0.15) is 0 Å². The van der Waals surface area contributed by atoms with Crippen LogP contribution in [0.2, 0.25) is 0 Å². The molecule has 0 aliphatic heterocycles. The number of allylic oxidation sites excluding steroid dienone is 9. The molecule has 0 rings (SSSR count). The van der Waals surface area contributed by atoms with Crippen LogP contribution < -0.4 is 5.32 Å². The zero-order valence-corrected chi connectivity index (χ0v) is 36.3. The van der Waals surface area contributed by atoms with E-state index in [1.54, 1.807) is 6.08 Å². The van der Waals surface area contributed by atoms with Crippen LogP contribution in [0, 0.1) is 0 Å². The van der Waals surface area contributed by atoms with Crippen molar-refractivity contribution in [3.8, 4) is 0 Å². The zero-order chi connectivity index (χ0) is 40.1. The van der Waals surface area contributed by atoms with Crippen LogP contribution >= 0.6 is 0 Å². The predicted molar refractivity (Wildman–Crippen MR) is 240 cm³/mol. The van der Waals surface area contributed by atoms with E-state index in [9.17, 15) is 20.1 Å². The van der Waals surface area contributed by atoms with E-state index in [1.165, 1.54) is 141 Å². The van der Waals surface area contributed by atoms with Crippen LogP contribution in [-0.2, 0) is 4.79 Å². The average Bonchev–Trinajstić information content (AvgIpc) is 3.18. The molecule has 0 bridgehead atoms. The van der Waals surface area contributed by atoms with Gasteiger partial charge < -0.3 is 20.6 Å². The molecule has 1 amide bonds. The van der Waals surface area contributed by atoms with E-state index in [1.807, 2.05) is 6.08 Å². The van der Waals surface area contributed by atoms with Crippen molar-refractivity contribution in [1.82, 2.24) is 5.32 Å². The van der Waals surface area contributed by atoms with Crippen molar-refractivity contribution < 1.29 is 20.1 Å². The summed E-state index contributed by atoms with van der Waals surface area (Å²) in [6, 6.07) is -0.775. The standard InChI is InChI=1S/C50H91NO4/c1-3-5-7-9-11-13-15-17-19-20-21-22-23-24-25-26-27-28-30-32-34-36-38-40-42-44-49(54)48(46-52)51-50(55)45-47(53)43-41-39-37-35-33-31-29-18-16-14-12-10-8-6-4-2/h12,14,18,27-29,34,36,42,44,47-49,52-54H,3-11,13,15-17,19-26,30-33,35,37-41,43,45-46H2,1-2H3,(H,51,55)/b14-12-,28-27+,29-18-,36-34+,44-42+. The lowest BCUT2D eigenvalue weighted by atomic mass is 10.0. The molecule has 5 nitrogen and oxygen atoms in total. The van der Waals surface area contributed by atoms with Gasteiger partial charge >= 0.3 is 0 Å². The van der Waals surface area contributed by atoms with Crippen molar-refractivity contribution in [2.45, 2.75) is 244 Å². The maximum atomic E-state index is 12.4. The van der Waals surface area contributed by atoms with Crippen LogP contribution in [0.1, 0.15) is 226 Å². The Hall–Kier alpha value is -1.95. The first kappa shape index (κ1) is 53.0. The van der Waals surface area contributed by atoms with E-state index in [0.29, 0.717) is 6.42 Å². The fraction of sp³-hybridized carbons (Fsp3) is 0.780. The molecule has 3 atom stereocenters. The van der Waals surface area contributed by atoms with E-state index in [2.05, 4.69) is 67.8 Å². The van der Waals surface area contributed by atoms with Gasteiger partial charge in [0.2, 0.25) is 5.91 Å². The van der Waals surface area contributed by atoms with Gasteiger partial charge in [-0.1, -0.05) is 203 Å². The smallest absolute Gasteiger partial charge is 0.222 e. The summed E-state index contributed by atoms with van der Waals surface area (Å²) in [7, 11) is 0. The highest BCUT2D eigenvalue weighted by Gasteiger charge is 2.20. The molecule has 0 aliphatic rings. The number of rotatable bonds is 42. The number of amides is 1. The molecule has 0 fully saturated rings. The van der Waals surface area contributed by atoms with E-state index in [-0.39, 0.29) is 18.9 Å². The van der Waals surface area contributed by atoms with Crippen molar-refractivity contribution in [3.63, 3.8) is 0 Å². The van der Waals surface area contributed by atoms with Gasteiger partial charge in [-0.15, -0.1) is 0 Å². The maximum absolute atomic E-state index is 12.4. The third kappa shape index (κ3) is 41.5. The molecular formula is C50H91NO4. The molecule has 0 aromatic rings. The Kier molecular flexibility index (Phi) is 43.2. The van der Waals surface area contributed by atoms with Crippen LogP contribution in [0.4, 0.5) is 0 Å². The summed E-state index contributed by atoms with van der Waals surface area (Å²) >= 11 is 0. The van der Waals surface area contributed by atoms with Crippen molar-refractivity contribution >= 4 is 5.91 Å². The van der Waals surface area contributed by atoms with Gasteiger partial charge in [-0.25, -0.2) is 0 Å². The molecule has 55 heavy (non-hydrogen) atoms. The van der Waals surface area contributed by atoms with E-state index in [4.69, 9.17) is 0 Å². The summed E-state index contributed by atoms with van der Waals surface area (Å²) in [4.78, 5) is 12.4. The second kappa shape index (κ2) is 44.8. The third-order valence-corrected chi connectivity index (χ3v) is 10.5. The number of carbonyl (C=O) groups is 1. The molecule has 5 heteroatoms. The van der Waals surface area contributed by atoms with Gasteiger partial charge in [0.25, 0.3) is 0 Å². The molecule has 0 aliphatic carbocycles. The maximum Gasteiger partial charge on any atom is 0.222 e. The van der Waals surface area contributed by atoms with Gasteiger partial charge in [-0.3, -0.25) is 4.79 Å². The minimum Gasteiger partial charge on any atom is -0.394 e. The minimum absolute atomic E-state index is 0.00965. The van der Waals surface area contributed by atoms with Crippen LogP contribution in [0.15, 0.2) is 60.8 Å². The highest BCUT2D eigenvalue weighted by atomic mass is 16.3. The van der Waals surface area contributed by atoms with E-state index in [0.717, 1.165) is 57.8 Å². The number of carbonyl (C=O) groups excluding carboxylic acids is 1. The van der Waals surface area contributed by atoms with Crippen molar-refractivity contribution in [2.75, 3.05) is 6.61 Å². The van der Waals surface area contributed by atoms with Crippen molar-refractivity contribution in [3.05, 3.63) is 60.8 Å². The summed E-state index contributed by atoms with van der Waals surface area (Å²) in [6.45, 7) is 4.17. The van der Waals surface area contributed by atoms with Gasteiger partial charge in [0.1, 0.15) is 0 Å². The normalized spacial score (nSPS) is 14.1. The average molecular weight is 770 g/mol. The number of nitrogens with one attached hydrogen (secondary N) is 1. The second-order valence-electron chi connectivity index (χ2n) is 16.0. The summed E-state index contributed by atoms with van der Waals surface area (Å²) in [5.74, 6) is -0.339. The molecule has 4 N–H and O–H groups in total. The SMILES string of the molecule is CCCCC/C=C\C/C=C\CCCCCCCC(O)CC(=O)NC(CO)C(O)/C=C/CC/C=C/CC/C=C/CCCCCCCCCCCCCCCCC. The van der Waals surface area contributed by atoms with Crippen LogP contribution in [0.5, 0.6) is 0 Å². The Balaban J connectivity index is 3.73. The Bertz CT molecular complexity index is 938. The van der Waals surface area contributed by atoms with Crippen molar-refractivity contribution in [1.29, 1.82) is 0 Å². The lowest BCUT2D eigenvalue weighted by Crippen LogP contribution is -2.45. The van der Waals surface area contributed by atoms with Crippen molar-refractivity contribution in [2.24, 2.45) is 0 Å². The monoisotopic (exact) mass is 770 g/mol. The zero-order valence-electron chi connectivity index (χ0n) is 36.3. The fourth-order valence-electron chi connectivity index (χ4n) is 6.87. The minimum atomic E-state index is -0.966. The number of hydrogen-bond acceptors (Lipinski definition) is 4. The molecule has 0 radical (unpaired) electrons. The predicted octanol–water partition coefficient (Wildman–Crippen LogP) is 13.9.